The monoisotopic (exact) mass is 249 g/mol. The summed E-state index contributed by atoms with van der Waals surface area (Å²) in [5, 5.41) is 10.4. The summed E-state index contributed by atoms with van der Waals surface area (Å²) in [6.07, 6.45) is 0. The second kappa shape index (κ2) is 4.46. The first-order chi connectivity index (χ1) is 6.91. The Kier molecular flexibility index (Phi) is 3.49. The van der Waals surface area contributed by atoms with Crippen molar-refractivity contribution < 1.29 is 14.5 Å². The SMILES string of the molecule is CC(=O)Oc1cc([N+](=O)[O-])c(Cl)cc1Cl. The molecule has 0 aliphatic rings. The van der Waals surface area contributed by atoms with Crippen LogP contribution >= 0.6 is 23.2 Å². The normalized spacial score (nSPS) is 9.80. The van der Waals surface area contributed by atoms with E-state index in [1.54, 1.807) is 0 Å². The van der Waals surface area contributed by atoms with Crippen LogP contribution in [0, 0.1) is 10.1 Å². The zero-order chi connectivity index (χ0) is 11.6. The zero-order valence-corrected chi connectivity index (χ0v) is 9.00. The predicted molar refractivity (Wildman–Crippen MR) is 54.4 cm³/mol. The molecular formula is C8H5Cl2NO4. The lowest BCUT2D eigenvalue weighted by molar-refractivity contribution is -0.384. The highest BCUT2D eigenvalue weighted by Gasteiger charge is 2.17. The maximum absolute atomic E-state index is 10.6. The summed E-state index contributed by atoms with van der Waals surface area (Å²) < 4.78 is 4.66. The summed E-state index contributed by atoms with van der Waals surface area (Å²) in [4.78, 5) is 20.5. The molecule has 0 N–H and O–H groups in total. The molecule has 1 aromatic rings. The molecule has 0 bridgehead atoms. The topological polar surface area (TPSA) is 69.4 Å². The quantitative estimate of drug-likeness (QED) is 0.350. The Morgan fingerprint density at radius 1 is 1.40 bits per heavy atom. The van der Waals surface area contributed by atoms with Gasteiger partial charge in [-0.3, -0.25) is 14.9 Å². The van der Waals surface area contributed by atoms with E-state index in [2.05, 4.69) is 4.74 Å². The number of nitro benzene ring substituents is 1. The second-order valence-corrected chi connectivity index (χ2v) is 3.40. The molecule has 0 aliphatic heterocycles. The Bertz CT molecular complexity index is 433. The maximum atomic E-state index is 10.6. The highest BCUT2D eigenvalue weighted by molar-refractivity contribution is 6.36. The average Bonchev–Trinajstić information content (AvgIpc) is 2.08. The fourth-order valence-corrected chi connectivity index (χ4v) is 1.38. The van der Waals surface area contributed by atoms with Crippen molar-refractivity contribution in [2.24, 2.45) is 0 Å². The van der Waals surface area contributed by atoms with Gasteiger partial charge in [0.05, 0.1) is 16.0 Å². The maximum Gasteiger partial charge on any atom is 0.308 e. The molecule has 0 aromatic heterocycles. The summed E-state index contributed by atoms with van der Waals surface area (Å²) in [6, 6.07) is 2.16. The molecule has 0 atom stereocenters. The highest BCUT2D eigenvalue weighted by atomic mass is 35.5. The molecule has 0 aliphatic carbocycles. The Morgan fingerprint density at radius 3 is 2.47 bits per heavy atom. The van der Waals surface area contributed by atoms with Gasteiger partial charge in [0, 0.05) is 6.92 Å². The van der Waals surface area contributed by atoms with Crippen molar-refractivity contribution in [2.75, 3.05) is 0 Å². The number of carbonyl (C=O) groups is 1. The molecule has 0 radical (unpaired) electrons. The summed E-state index contributed by atoms with van der Waals surface area (Å²) in [5.41, 5.74) is -0.364. The molecule has 1 aromatic carbocycles. The number of benzene rings is 1. The third-order valence-electron chi connectivity index (χ3n) is 1.45. The molecule has 15 heavy (non-hydrogen) atoms. The average molecular weight is 250 g/mol. The lowest BCUT2D eigenvalue weighted by Crippen LogP contribution is -2.02. The van der Waals surface area contributed by atoms with Crippen molar-refractivity contribution in [3.63, 3.8) is 0 Å². The first-order valence-electron chi connectivity index (χ1n) is 3.73. The van der Waals surface area contributed by atoms with Crippen molar-refractivity contribution in [3.8, 4) is 5.75 Å². The summed E-state index contributed by atoms with van der Waals surface area (Å²) >= 11 is 11.2. The van der Waals surface area contributed by atoms with Gasteiger partial charge in [-0.2, -0.15) is 0 Å². The molecule has 0 spiro atoms. The highest BCUT2D eigenvalue weighted by Crippen LogP contribution is 2.35. The van der Waals surface area contributed by atoms with Crippen LogP contribution in [0.4, 0.5) is 5.69 Å². The summed E-state index contributed by atoms with van der Waals surface area (Å²) in [5.74, 6) is -0.700. The minimum Gasteiger partial charge on any atom is -0.425 e. The van der Waals surface area contributed by atoms with E-state index in [0.717, 1.165) is 19.1 Å². The van der Waals surface area contributed by atoms with Gasteiger partial charge < -0.3 is 4.74 Å². The number of halogens is 2. The lowest BCUT2D eigenvalue weighted by atomic mass is 10.3. The van der Waals surface area contributed by atoms with Crippen LogP contribution in [0.1, 0.15) is 6.92 Å². The third kappa shape index (κ3) is 2.81. The Labute approximate surface area is 94.7 Å². The molecule has 1 rings (SSSR count). The smallest absolute Gasteiger partial charge is 0.308 e. The Morgan fingerprint density at radius 2 is 2.00 bits per heavy atom. The van der Waals surface area contributed by atoms with Gasteiger partial charge >= 0.3 is 5.97 Å². The zero-order valence-electron chi connectivity index (χ0n) is 7.49. The molecule has 0 saturated heterocycles. The van der Waals surface area contributed by atoms with Gasteiger partial charge in [0.1, 0.15) is 5.02 Å². The fourth-order valence-electron chi connectivity index (χ4n) is 0.891. The second-order valence-electron chi connectivity index (χ2n) is 2.58. The van der Waals surface area contributed by atoms with Gasteiger partial charge in [0.25, 0.3) is 5.69 Å². The van der Waals surface area contributed by atoms with Crippen LogP contribution < -0.4 is 4.74 Å². The largest absolute Gasteiger partial charge is 0.425 e. The van der Waals surface area contributed by atoms with E-state index >= 15 is 0 Å². The van der Waals surface area contributed by atoms with E-state index in [4.69, 9.17) is 23.2 Å². The van der Waals surface area contributed by atoms with Crippen molar-refractivity contribution in [1.82, 2.24) is 0 Å². The molecule has 5 nitrogen and oxygen atoms in total. The van der Waals surface area contributed by atoms with Gasteiger partial charge in [-0.1, -0.05) is 23.2 Å². The van der Waals surface area contributed by atoms with E-state index in [0.29, 0.717) is 0 Å². The van der Waals surface area contributed by atoms with Crippen molar-refractivity contribution >= 4 is 34.9 Å². The van der Waals surface area contributed by atoms with Gasteiger partial charge in [-0.25, -0.2) is 0 Å². The number of hydrogen-bond acceptors (Lipinski definition) is 4. The molecule has 0 heterocycles. The van der Waals surface area contributed by atoms with Crippen LogP contribution in [0.15, 0.2) is 12.1 Å². The van der Waals surface area contributed by atoms with Gasteiger partial charge in [0.2, 0.25) is 0 Å². The van der Waals surface area contributed by atoms with E-state index in [-0.39, 0.29) is 21.5 Å². The minimum atomic E-state index is -0.689. The summed E-state index contributed by atoms with van der Waals surface area (Å²) in [7, 11) is 0. The van der Waals surface area contributed by atoms with Crippen LogP contribution in [-0.2, 0) is 4.79 Å². The number of hydrogen-bond donors (Lipinski definition) is 0. The fraction of sp³-hybridized carbons (Fsp3) is 0.125. The van der Waals surface area contributed by atoms with Crippen LogP contribution in [0.3, 0.4) is 0 Å². The Balaban J connectivity index is 3.23. The van der Waals surface area contributed by atoms with E-state index in [1.165, 1.54) is 0 Å². The predicted octanol–water partition coefficient (Wildman–Crippen LogP) is 2.83. The number of esters is 1. The van der Waals surface area contributed by atoms with Crippen molar-refractivity contribution in [1.29, 1.82) is 0 Å². The number of nitro groups is 1. The van der Waals surface area contributed by atoms with E-state index in [1.807, 2.05) is 0 Å². The number of ether oxygens (including phenoxy) is 1. The van der Waals surface area contributed by atoms with Crippen molar-refractivity contribution in [2.45, 2.75) is 6.92 Å². The number of carbonyl (C=O) groups excluding carboxylic acids is 1. The molecule has 0 unspecified atom stereocenters. The standard InChI is InChI=1S/C8H5Cl2NO4/c1-4(12)15-8-3-7(11(13)14)5(9)2-6(8)10/h2-3H,1H3. The molecule has 0 saturated carbocycles. The lowest BCUT2D eigenvalue weighted by Gasteiger charge is -2.04. The van der Waals surface area contributed by atoms with Gasteiger partial charge in [0.15, 0.2) is 5.75 Å². The molecule has 7 heteroatoms. The first kappa shape index (κ1) is 11.7. The first-order valence-corrected chi connectivity index (χ1v) is 4.49. The third-order valence-corrected chi connectivity index (χ3v) is 2.05. The Hall–Kier alpha value is -1.33. The number of nitrogens with zero attached hydrogens (tertiary/aromatic N) is 1. The number of rotatable bonds is 2. The van der Waals surface area contributed by atoms with Crippen LogP contribution in [-0.4, -0.2) is 10.9 Å². The van der Waals surface area contributed by atoms with E-state index in [9.17, 15) is 14.9 Å². The van der Waals surface area contributed by atoms with Gasteiger partial charge in [-0.15, -0.1) is 0 Å². The molecule has 80 valence electrons. The van der Waals surface area contributed by atoms with Crippen LogP contribution in [0.5, 0.6) is 5.75 Å². The van der Waals surface area contributed by atoms with Crippen LogP contribution in [0.2, 0.25) is 10.0 Å². The van der Waals surface area contributed by atoms with Gasteiger partial charge in [-0.05, 0) is 6.07 Å². The minimum absolute atomic E-state index is 0.0424. The molecule has 0 fully saturated rings. The molecular weight excluding hydrogens is 245 g/mol. The molecule has 0 amide bonds. The van der Waals surface area contributed by atoms with Crippen LogP contribution in [0.25, 0.3) is 0 Å². The van der Waals surface area contributed by atoms with E-state index < -0.39 is 10.9 Å². The van der Waals surface area contributed by atoms with Crippen molar-refractivity contribution in [3.05, 3.63) is 32.3 Å². The summed E-state index contributed by atoms with van der Waals surface area (Å²) in [6.45, 7) is 1.16.